The number of aliphatic hydroxyl groups excluding tert-OH is 1. The number of hydrogen-bond acceptors (Lipinski definition) is 9. The van der Waals surface area contributed by atoms with E-state index in [4.69, 9.17) is 37.9 Å². The Morgan fingerprint density at radius 2 is 0.821 bits per heavy atom. The Hall–Kier alpha value is -4.64. The van der Waals surface area contributed by atoms with Crippen molar-refractivity contribution < 1.29 is 43.0 Å². The summed E-state index contributed by atoms with van der Waals surface area (Å²) >= 11 is 0. The van der Waals surface area contributed by atoms with E-state index in [2.05, 4.69) is 74.6 Å². The van der Waals surface area contributed by atoms with Gasteiger partial charge in [-0.2, -0.15) is 0 Å². The molecule has 7 rings (SSSR count). The maximum atomic E-state index is 9.45. The second-order valence-electron chi connectivity index (χ2n) is 14.5. The molecule has 0 bridgehead atoms. The van der Waals surface area contributed by atoms with Crippen LogP contribution >= 0.6 is 0 Å². The molecule has 3 saturated heterocycles. The maximum absolute atomic E-state index is 9.45. The first-order chi connectivity index (χ1) is 32.8. The van der Waals surface area contributed by atoms with Gasteiger partial charge in [0.15, 0.2) is 0 Å². The third kappa shape index (κ3) is 47.7. The Labute approximate surface area is 409 Å². The van der Waals surface area contributed by atoms with Gasteiger partial charge in [-0.05, 0) is 54.4 Å². The van der Waals surface area contributed by atoms with E-state index in [1.807, 2.05) is 143 Å². The molecule has 0 radical (unpaired) electrons. The number of hydrogen-bond donors (Lipinski definition) is 1. The van der Waals surface area contributed by atoms with Gasteiger partial charge in [-0.1, -0.05) is 194 Å². The fourth-order valence-corrected chi connectivity index (χ4v) is 4.10. The van der Waals surface area contributed by atoms with Crippen LogP contribution in [0.2, 0.25) is 0 Å². The molecule has 1 N–H and O–H groups in total. The number of epoxide rings is 3. The summed E-state index contributed by atoms with van der Waals surface area (Å²) in [5.41, 5.74) is 1.18. The smallest absolute Gasteiger partial charge is 0.122 e. The Bertz CT molecular complexity index is 1480. The van der Waals surface area contributed by atoms with Gasteiger partial charge in [0.25, 0.3) is 0 Å². The number of allylic oxidation sites excluding steroid dienone is 1. The molecule has 380 valence electrons. The lowest BCUT2D eigenvalue weighted by atomic mass is 10.1. The first-order valence-electron chi connectivity index (χ1n) is 24.8. The first kappa shape index (κ1) is 66.6. The van der Waals surface area contributed by atoms with E-state index in [1.54, 1.807) is 6.08 Å². The first-order valence-corrected chi connectivity index (χ1v) is 24.8. The average molecular weight is 935 g/mol. The minimum Gasteiger partial charge on any atom is -0.491 e. The monoisotopic (exact) mass is 935 g/mol. The summed E-state index contributed by atoms with van der Waals surface area (Å²) in [4.78, 5) is 0. The Morgan fingerprint density at radius 1 is 0.493 bits per heavy atom. The van der Waals surface area contributed by atoms with E-state index >= 15 is 0 Å². The van der Waals surface area contributed by atoms with Crippen molar-refractivity contribution in [2.24, 2.45) is 0 Å². The molecule has 0 aliphatic carbocycles. The summed E-state index contributed by atoms with van der Waals surface area (Å²) in [6, 6.07) is 37.0. The molecule has 4 aromatic carbocycles. The van der Waals surface area contributed by atoms with E-state index in [1.165, 1.54) is 31.2 Å². The number of rotatable bonds is 18. The van der Waals surface area contributed by atoms with Crippen LogP contribution in [0.15, 0.2) is 141 Å². The van der Waals surface area contributed by atoms with Crippen LogP contribution in [0.4, 0.5) is 0 Å². The molecular formula is C58H94O9. The highest BCUT2D eigenvalue weighted by Crippen LogP contribution is 2.21. The highest BCUT2D eigenvalue weighted by atomic mass is 16.6. The molecule has 4 unspecified atom stereocenters. The SMILES string of the molecule is C=CCOCC(O)COc1ccccc1.C=CCc1ccccc1OCC1CO1.CC.CC.CCC.CCC.CCC.CCC.c1ccc(OCC2CO2)cc1.c1ccc(OCC2CO2)cc1. The summed E-state index contributed by atoms with van der Waals surface area (Å²) in [5.74, 6) is 3.54. The van der Waals surface area contributed by atoms with Gasteiger partial charge in [0.2, 0.25) is 0 Å². The molecule has 0 saturated carbocycles. The minimum atomic E-state index is -0.606. The van der Waals surface area contributed by atoms with Gasteiger partial charge in [0.1, 0.15) is 73.8 Å². The van der Waals surface area contributed by atoms with Crippen LogP contribution in [0.5, 0.6) is 23.0 Å². The van der Waals surface area contributed by atoms with E-state index in [-0.39, 0.29) is 13.2 Å². The molecule has 4 aromatic rings. The number of ether oxygens (including phenoxy) is 8. The van der Waals surface area contributed by atoms with Crippen molar-refractivity contribution in [1.29, 1.82) is 0 Å². The van der Waals surface area contributed by atoms with Crippen molar-refractivity contribution in [1.82, 2.24) is 0 Å². The number of benzene rings is 4. The molecule has 3 fully saturated rings. The number of para-hydroxylation sites is 4. The largest absolute Gasteiger partial charge is 0.491 e. The summed E-state index contributed by atoms with van der Waals surface area (Å²) in [6.45, 7) is 37.8. The lowest BCUT2D eigenvalue weighted by molar-refractivity contribution is 0.0214. The molecule has 4 atom stereocenters. The Morgan fingerprint density at radius 3 is 1.16 bits per heavy atom. The van der Waals surface area contributed by atoms with Crippen molar-refractivity contribution in [3.63, 3.8) is 0 Å². The van der Waals surface area contributed by atoms with Crippen LogP contribution in [-0.2, 0) is 25.4 Å². The molecule has 3 heterocycles. The summed E-state index contributed by atoms with van der Waals surface area (Å²) in [7, 11) is 0. The van der Waals surface area contributed by atoms with Crippen LogP contribution in [0.3, 0.4) is 0 Å². The highest BCUT2D eigenvalue weighted by molar-refractivity contribution is 5.34. The van der Waals surface area contributed by atoms with Gasteiger partial charge in [-0.15, -0.1) is 13.2 Å². The minimum absolute atomic E-state index is 0.237. The molecule has 9 nitrogen and oxygen atoms in total. The zero-order valence-corrected chi connectivity index (χ0v) is 44.0. The normalized spacial score (nSPS) is 14.9. The fraction of sp³-hybridized carbons (Fsp3) is 0.517. The molecule has 0 aromatic heterocycles. The Balaban J connectivity index is -0.000000740. The molecule has 9 heteroatoms. The van der Waals surface area contributed by atoms with Gasteiger partial charge in [-0.25, -0.2) is 0 Å². The van der Waals surface area contributed by atoms with Crippen LogP contribution in [-0.4, -0.2) is 89.0 Å². The van der Waals surface area contributed by atoms with E-state index < -0.39 is 6.10 Å². The predicted molar refractivity (Wildman–Crippen MR) is 284 cm³/mol. The van der Waals surface area contributed by atoms with Crippen molar-refractivity contribution in [3.05, 3.63) is 146 Å². The van der Waals surface area contributed by atoms with E-state index in [0.717, 1.165) is 49.2 Å². The van der Waals surface area contributed by atoms with Gasteiger partial charge in [-0.3, -0.25) is 0 Å². The molecule has 0 amide bonds. The van der Waals surface area contributed by atoms with Crippen molar-refractivity contribution in [3.8, 4) is 23.0 Å². The van der Waals surface area contributed by atoms with Crippen molar-refractivity contribution in [2.45, 2.75) is 140 Å². The van der Waals surface area contributed by atoms with Crippen molar-refractivity contribution >= 4 is 0 Å². The third-order valence-corrected chi connectivity index (χ3v) is 7.06. The van der Waals surface area contributed by atoms with Gasteiger partial charge in [0.05, 0.1) is 33.0 Å². The second kappa shape index (κ2) is 52.3. The summed E-state index contributed by atoms with van der Waals surface area (Å²) in [5, 5.41) is 9.45. The zero-order valence-electron chi connectivity index (χ0n) is 44.0. The second-order valence-corrected chi connectivity index (χ2v) is 14.5. The zero-order chi connectivity index (χ0) is 50.6. The van der Waals surface area contributed by atoms with Crippen LogP contribution in [0.1, 0.15) is 114 Å². The quantitative estimate of drug-likeness (QED) is 0.0593. The summed E-state index contributed by atoms with van der Waals surface area (Å²) in [6.07, 6.45) is 9.77. The van der Waals surface area contributed by atoms with Crippen molar-refractivity contribution in [2.75, 3.05) is 59.5 Å². The van der Waals surface area contributed by atoms with Gasteiger partial charge >= 0.3 is 0 Å². The highest BCUT2D eigenvalue weighted by Gasteiger charge is 2.24. The molecule has 0 spiro atoms. The van der Waals surface area contributed by atoms with Crippen LogP contribution in [0.25, 0.3) is 0 Å². The van der Waals surface area contributed by atoms with Gasteiger partial charge < -0.3 is 43.0 Å². The lowest BCUT2D eigenvalue weighted by Crippen LogP contribution is -2.23. The maximum Gasteiger partial charge on any atom is 0.122 e. The van der Waals surface area contributed by atoms with E-state index in [9.17, 15) is 5.11 Å². The number of aliphatic hydroxyl groups is 1. The summed E-state index contributed by atoms with van der Waals surface area (Å²) < 4.78 is 42.0. The standard InChI is InChI=1S/C12H16O3.C12H14O2.2C9H10O2.4C3H8.2C2H6/c1-2-8-14-9-11(13)10-15-12-6-4-3-5-7-12;1-2-5-10-6-3-4-7-12(10)14-9-11-8-13-11;2*1-2-4-8(5-3-1)10-6-9-7-11-9;4*1-3-2;2*1-2/h2-7,11,13H,1,8-10H2;2-4,6-7,11H,1,5,8-9H2;2*1-5,9H,6-7H2;4*3H2,1-2H3;2*1-2H3. The average Bonchev–Trinajstić information content (AvgIpc) is 4.21. The molecular weight excluding hydrogens is 841 g/mol. The molecule has 3 aliphatic rings. The predicted octanol–water partition coefficient (Wildman–Crippen LogP) is 14.5. The fourth-order valence-electron chi connectivity index (χ4n) is 4.10. The third-order valence-electron chi connectivity index (χ3n) is 7.06. The Kier molecular flexibility index (Phi) is 52.0. The molecule has 3 aliphatic heterocycles. The topological polar surface area (TPSA) is 104 Å². The lowest BCUT2D eigenvalue weighted by Gasteiger charge is -2.11. The van der Waals surface area contributed by atoms with E-state index in [0.29, 0.717) is 44.7 Å². The molecule has 67 heavy (non-hydrogen) atoms. The van der Waals surface area contributed by atoms with Gasteiger partial charge in [0, 0.05) is 0 Å². The van der Waals surface area contributed by atoms with Crippen LogP contribution in [0, 0.1) is 0 Å². The van der Waals surface area contributed by atoms with Crippen LogP contribution < -0.4 is 18.9 Å².